The second kappa shape index (κ2) is 5.31. The van der Waals surface area contributed by atoms with Crippen LogP contribution in [0.25, 0.3) is 11.4 Å². The molecule has 1 N–H and O–H groups in total. The number of rotatable bonds is 4. The van der Waals surface area contributed by atoms with Crippen LogP contribution in [-0.2, 0) is 13.6 Å². The molecule has 1 aromatic carbocycles. The zero-order chi connectivity index (χ0) is 13.1. The van der Waals surface area contributed by atoms with Gasteiger partial charge in [0.15, 0.2) is 0 Å². The van der Waals surface area contributed by atoms with Gasteiger partial charge in [0.05, 0.1) is 5.56 Å². The molecular weight excluding hydrogens is 229 g/mol. The van der Waals surface area contributed by atoms with Gasteiger partial charge in [-0.15, -0.1) is 0 Å². The van der Waals surface area contributed by atoms with Crippen molar-refractivity contribution in [3.63, 3.8) is 0 Å². The number of hydrogen-bond acceptors (Lipinski definition) is 2. The van der Waals surface area contributed by atoms with E-state index in [2.05, 4.69) is 24.1 Å². The Morgan fingerprint density at radius 3 is 2.78 bits per heavy atom. The number of hydrogen-bond donors (Lipinski definition) is 1. The summed E-state index contributed by atoms with van der Waals surface area (Å²) < 4.78 is 15.7. The second-order valence-electron chi connectivity index (χ2n) is 4.71. The van der Waals surface area contributed by atoms with Crippen molar-refractivity contribution in [1.29, 1.82) is 0 Å². The van der Waals surface area contributed by atoms with E-state index in [4.69, 9.17) is 0 Å². The van der Waals surface area contributed by atoms with Gasteiger partial charge in [-0.3, -0.25) is 0 Å². The Bertz CT molecular complexity index is 532. The molecule has 96 valence electrons. The fourth-order valence-corrected chi connectivity index (χ4v) is 1.80. The van der Waals surface area contributed by atoms with Gasteiger partial charge < -0.3 is 9.88 Å². The van der Waals surface area contributed by atoms with E-state index in [1.807, 2.05) is 23.9 Å². The first kappa shape index (κ1) is 12.8. The minimum atomic E-state index is -0.238. The summed E-state index contributed by atoms with van der Waals surface area (Å²) in [6, 6.07) is 5.57. The van der Waals surface area contributed by atoms with Gasteiger partial charge in [0.2, 0.25) is 0 Å². The topological polar surface area (TPSA) is 29.9 Å². The maximum atomic E-state index is 13.8. The van der Waals surface area contributed by atoms with Crippen molar-refractivity contribution in [3.8, 4) is 11.4 Å². The quantitative estimate of drug-likeness (QED) is 0.900. The maximum Gasteiger partial charge on any atom is 0.142 e. The highest BCUT2D eigenvalue weighted by Crippen LogP contribution is 2.22. The first-order valence-electron chi connectivity index (χ1n) is 6.07. The lowest BCUT2D eigenvalue weighted by molar-refractivity contribution is 0.586. The van der Waals surface area contributed by atoms with E-state index in [0.717, 1.165) is 12.1 Å². The van der Waals surface area contributed by atoms with Crippen LogP contribution < -0.4 is 5.32 Å². The van der Waals surface area contributed by atoms with Crippen molar-refractivity contribution in [1.82, 2.24) is 14.9 Å². The van der Waals surface area contributed by atoms with Gasteiger partial charge in [-0.2, -0.15) is 0 Å². The molecule has 1 aromatic heterocycles. The standard InChI is InChI=1S/C14H18FN3/c1-10(2)17-9-11-4-5-13(15)12(8-11)14-16-6-7-18(14)3/h4-8,10,17H,9H2,1-3H3. The molecule has 2 aromatic rings. The molecule has 0 saturated carbocycles. The third kappa shape index (κ3) is 2.76. The predicted molar refractivity (Wildman–Crippen MR) is 70.6 cm³/mol. The van der Waals surface area contributed by atoms with Crippen LogP contribution in [0.3, 0.4) is 0 Å². The predicted octanol–water partition coefficient (Wildman–Crippen LogP) is 2.72. The van der Waals surface area contributed by atoms with Crippen LogP contribution in [0.5, 0.6) is 0 Å². The van der Waals surface area contributed by atoms with E-state index in [1.54, 1.807) is 12.3 Å². The summed E-state index contributed by atoms with van der Waals surface area (Å²) in [7, 11) is 1.86. The molecule has 0 unspecified atom stereocenters. The highest BCUT2D eigenvalue weighted by atomic mass is 19.1. The second-order valence-corrected chi connectivity index (χ2v) is 4.71. The number of benzene rings is 1. The average molecular weight is 247 g/mol. The van der Waals surface area contributed by atoms with Crippen LogP contribution in [0.1, 0.15) is 19.4 Å². The molecule has 2 rings (SSSR count). The fourth-order valence-electron chi connectivity index (χ4n) is 1.80. The molecule has 0 radical (unpaired) electrons. The normalized spacial score (nSPS) is 11.2. The highest BCUT2D eigenvalue weighted by Gasteiger charge is 2.10. The molecular formula is C14H18FN3. The molecule has 18 heavy (non-hydrogen) atoms. The zero-order valence-electron chi connectivity index (χ0n) is 10.9. The van der Waals surface area contributed by atoms with Crippen molar-refractivity contribution in [2.75, 3.05) is 0 Å². The average Bonchev–Trinajstić information content (AvgIpc) is 2.74. The smallest absolute Gasteiger partial charge is 0.142 e. The Balaban J connectivity index is 2.30. The van der Waals surface area contributed by atoms with E-state index in [0.29, 0.717) is 17.4 Å². The summed E-state index contributed by atoms with van der Waals surface area (Å²) in [4.78, 5) is 4.19. The first-order chi connectivity index (χ1) is 8.58. The summed E-state index contributed by atoms with van der Waals surface area (Å²) >= 11 is 0. The van der Waals surface area contributed by atoms with Crippen LogP contribution in [0.15, 0.2) is 30.6 Å². The number of aryl methyl sites for hydroxylation is 1. The van der Waals surface area contributed by atoms with Gasteiger partial charge in [-0.05, 0) is 17.7 Å². The number of nitrogens with one attached hydrogen (secondary N) is 1. The van der Waals surface area contributed by atoms with E-state index in [-0.39, 0.29) is 5.82 Å². The molecule has 3 nitrogen and oxygen atoms in total. The summed E-state index contributed by atoms with van der Waals surface area (Å²) in [5.74, 6) is 0.413. The Morgan fingerprint density at radius 1 is 1.39 bits per heavy atom. The lowest BCUT2D eigenvalue weighted by atomic mass is 10.1. The summed E-state index contributed by atoms with van der Waals surface area (Å²) in [5, 5.41) is 3.32. The number of imidazole rings is 1. The minimum absolute atomic E-state index is 0.238. The molecule has 0 fully saturated rings. The Hall–Kier alpha value is -1.68. The molecule has 0 aliphatic heterocycles. The molecule has 0 spiro atoms. The maximum absolute atomic E-state index is 13.8. The summed E-state index contributed by atoms with van der Waals surface area (Å²) in [6.45, 7) is 4.90. The SMILES string of the molecule is CC(C)NCc1ccc(F)c(-c2nccn2C)c1. The number of halogens is 1. The Labute approximate surface area is 107 Å². The van der Waals surface area contributed by atoms with Crippen LogP contribution in [0.4, 0.5) is 4.39 Å². The van der Waals surface area contributed by atoms with Crippen molar-refractivity contribution in [2.24, 2.45) is 7.05 Å². The highest BCUT2D eigenvalue weighted by molar-refractivity contribution is 5.57. The van der Waals surface area contributed by atoms with Crippen molar-refractivity contribution >= 4 is 0 Å². The molecule has 0 aliphatic rings. The van der Waals surface area contributed by atoms with E-state index >= 15 is 0 Å². The van der Waals surface area contributed by atoms with E-state index in [1.165, 1.54) is 6.07 Å². The third-order valence-corrected chi connectivity index (χ3v) is 2.81. The summed E-state index contributed by atoms with van der Waals surface area (Å²) in [5.41, 5.74) is 1.61. The van der Waals surface area contributed by atoms with Crippen molar-refractivity contribution in [3.05, 3.63) is 42.0 Å². The number of aromatic nitrogens is 2. The molecule has 0 saturated heterocycles. The zero-order valence-corrected chi connectivity index (χ0v) is 10.9. The van der Waals surface area contributed by atoms with Gasteiger partial charge in [-0.25, -0.2) is 9.37 Å². The summed E-state index contributed by atoms with van der Waals surface area (Å²) in [6.07, 6.45) is 3.49. The molecule has 4 heteroatoms. The molecule has 1 heterocycles. The van der Waals surface area contributed by atoms with E-state index < -0.39 is 0 Å². The lowest BCUT2D eigenvalue weighted by Crippen LogP contribution is -2.21. The van der Waals surface area contributed by atoms with Crippen LogP contribution in [-0.4, -0.2) is 15.6 Å². The van der Waals surface area contributed by atoms with Crippen LogP contribution >= 0.6 is 0 Å². The van der Waals surface area contributed by atoms with Crippen molar-refractivity contribution < 1.29 is 4.39 Å². The lowest BCUT2D eigenvalue weighted by Gasteiger charge is -2.10. The molecule has 0 bridgehead atoms. The van der Waals surface area contributed by atoms with Gasteiger partial charge in [0.25, 0.3) is 0 Å². The third-order valence-electron chi connectivity index (χ3n) is 2.81. The largest absolute Gasteiger partial charge is 0.334 e. The van der Waals surface area contributed by atoms with Gasteiger partial charge in [0, 0.05) is 32.0 Å². The van der Waals surface area contributed by atoms with Gasteiger partial charge in [-0.1, -0.05) is 19.9 Å². The first-order valence-corrected chi connectivity index (χ1v) is 6.07. The Morgan fingerprint density at radius 2 is 2.17 bits per heavy atom. The molecule has 0 aliphatic carbocycles. The van der Waals surface area contributed by atoms with E-state index in [9.17, 15) is 4.39 Å². The van der Waals surface area contributed by atoms with Gasteiger partial charge in [0.1, 0.15) is 11.6 Å². The van der Waals surface area contributed by atoms with Crippen LogP contribution in [0, 0.1) is 5.82 Å². The number of nitrogens with zero attached hydrogens (tertiary/aromatic N) is 2. The van der Waals surface area contributed by atoms with Crippen molar-refractivity contribution in [2.45, 2.75) is 26.4 Å². The Kier molecular flexibility index (Phi) is 3.77. The fraction of sp³-hybridized carbons (Fsp3) is 0.357. The van der Waals surface area contributed by atoms with Crippen LogP contribution in [0.2, 0.25) is 0 Å². The molecule has 0 amide bonds. The minimum Gasteiger partial charge on any atom is -0.334 e. The van der Waals surface area contributed by atoms with Gasteiger partial charge >= 0.3 is 0 Å². The molecule has 0 atom stereocenters. The monoisotopic (exact) mass is 247 g/mol.